The third-order valence-corrected chi connectivity index (χ3v) is 2.99. The van der Waals surface area contributed by atoms with Gasteiger partial charge in [-0.05, 0) is 39.8 Å². The van der Waals surface area contributed by atoms with Gasteiger partial charge in [0, 0.05) is 12.5 Å². The maximum absolute atomic E-state index is 5.95. The number of nitrogens with one attached hydrogen (secondary N) is 2. The first-order valence-corrected chi connectivity index (χ1v) is 5.29. The molecule has 0 bridgehead atoms. The molecule has 0 saturated carbocycles. The number of hydrogen-bond acceptors (Lipinski definition) is 3. The quantitative estimate of drug-likeness (QED) is 0.629. The number of hydrogen-bond donors (Lipinski definition) is 2. The summed E-state index contributed by atoms with van der Waals surface area (Å²) < 4.78 is 5.95. The molecule has 0 aromatic heterocycles. The van der Waals surface area contributed by atoms with Crippen LogP contribution in [0.2, 0.25) is 0 Å². The fourth-order valence-corrected chi connectivity index (χ4v) is 2.18. The Bertz CT molecular complexity index is 176. The van der Waals surface area contributed by atoms with Crippen molar-refractivity contribution in [2.24, 2.45) is 5.92 Å². The summed E-state index contributed by atoms with van der Waals surface area (Å²) in [5.41, 5.74) is 0.0372. The molecule has 3 heteroatoms. The molecular formula is C10H20N2O. The lowest BCUT2D eigenvalue weighted by Crippen LogP contribution is -2.39. The zero-order valence-corrected chi connectivity index (χ0v) is 8.60. The third kappa shape index (κ3) is 2.22. The molecule has 76 valence electrons. The molecule has 2 rings (SSSR count). The van der Waals surface area contributed by atoms with Gasteiger partial charge in [0.1, 0.15) is 6.23 Å². The largest absolute Gasteiger partial charge is 0.356 e. The zero-order valence-electron chi connectivity index (χ0n) is 8.60. The van der Waals surface area contributed by atoms with E-state index in [2.05, 4.69) is 24.5 Å². The van der Waals surface area contributed by atoms with Crippen molar-refractivity contribution in [1.82, 2.24) is 10.6 Å². The van der Waals surface area contributed by atoms with E-state index < -0.39 is 0 Å². The number of piperidine rings is 1. The lowest BCUT2D eigenvalue weighted by atomic mass is 9.96. The maximum atomic E-state index is 5.95. The van der Waals surface area contributed by atoms with Crippen molar-refractivity contribution >= 4 is 0 Å². The average molecular weight is 184 g/mol. The van der Waals surface area contributed by atoms with Gasteiger partial charge < -0.3 is 10.1 Å². The monoisotopic (exact) mass is 184 g/mol. The topological polar surface area (TPSA) is 33.3 Å². The summed E-state index contributed by atoms with van der Waals surface area (Å²) >= 11 is 0. The van der Waals surface area contributed by atoms with E-state index in [0.717, 1.165) is 19.6 Å². The molecule has 0 spiro atoms. The van der Waals surface area contributed by atoms with Crippen LogP contribution in [0.5, 0.6) is 0 Å². The third-order valence-electron chi connectivity index (χ3n) is 2.99. The summed E-state index contributed by atoms with van der Waals surface area (Å²) in [7, 11) is 0. The van der Waals surface area contributed by atoms with Crippen molar-refractivity contribution in [1.29, 1.82) is 0 Å². The van der Waals surface area contributed by atoms with Gasteiger partial charge in [-0.2, -0.15) is 0 Å². The highest BCUT2D eigenvalue weighted by atomic mass is 16.5. The SMILES string of the molecule is CC1(C)CNC(C2CCNCC2)O1. The molecule has 0 amide bonds. The van der Waals surface area contributed by atoms with Crippen LogP contribution >= 0.6 is 0 Å². The Morgan fingerprint density at radius 2 is 1.92 bits per heavy atom. The molecule has 0 aliphatic carbocycles. The maximum Gasteiger partial charge on any atom is 0.111 e. The van der Waals surface area contributed by atoms with E-state index in [1.807, 2.05) is 0 Å². The average Bonchev–Trinajstić information content (AvgIpc) is 2.48. The minimum absolute atomic E-state index is 0.0372. The van der Waals surface area contributed by atoms with E-state index in [1.54, 1.807) is 0 Å². The summed E-state index contributed by atoms with van der Waals surface area (Å²) in [6.07, 6.45) is 2.79. The Morgan fingerprint density at radius 1 is 1.23 bits per heavy atom. The lowest BCUT2D eigenvalue weighted by Gasteiger charge is -2.28. The van der Waals surface area contributed by atoms with Crippen LogP contribution in [0.15, 0.2) is 0 Å². The summed E-state index contributed by atoms with van der Waals surface area (Å²) in [5.74, 6) is 0.711. The minimum atomic E-state index is 0.0372. The number of ether oxygens (including phenoxy) is 1. The first-order valence-electron chi connectivity index (χ1n) is 5.29. The van der Waals surface area contributed by atoms with Crippen LogP contribution < -0.4 is 10.6 Å². The lowest BCUT2D eigenvalue weighted by molar-refractivity contribution is -0.0476. The van der Waals surface area contributed by atoms with E-state index in [-0.39, 0.29) is 5.60 Å². The standard InChI is InChI=1S/C10H20N2O/c1-10(2)7-12-9(13-10)8-3-5-11-6-4-8/h8-9,11-12H,3-7H2,1-2H3. The zero-order chi connectivity index (χ0) is 9.31. The molecule has 2 heterocycles. The molecule has 0 aromatic rings. The van der Waals surface area contributed by atoms with Crippen molar-refractivity contribution in [2.45, 2.75) is 38.5 Å². The van der Waals surface area contributed by atoms with E-state index in [4.69, 9.17) is 4.74 Å². The molecule has 0 radical (unpaired) electrons. The second kappa shape index (κ2) is 3.56. The molecule has 2 aliphatic rings. The van der Waals surface area contributed by atoms with Crippen LogP contribution in [0.3, 0.4) is 0 Å². The highest BCUT2D eigenvalue weighted by molar-refractivity contribution is 4.86. The molecule has 2 aliphatic heterocycles. The van der Waals surface area contributed by atoms with Gasteiger partial charge in [-0.1, -0.05) is 0 Å². The fourth-order valence-electron chi connectivity index (χ4n) is 2.18. The van der Waals surface area contributed by atoms with Crippen LogP contribution in [0.4, 0.5) is 0 Å². The molecule has 13 heavy (non-hydrogen) atoms. The van der Waals surface area contributed by atoms with Gasteiger partial charge in [0.15, 0.2) is 0 Å². The van der Waals surface area contributed by atoms with Gasteiger partial charge >= 0.3 is 0 Å². The van der Waals surface area contributed by atoms with Crippen LogP contribution in [0.1, 0.15) is 26.7 Å². The molecule has 2 N–H and O–H groups in total. The van der Waals surface area contributed by atoms with Gasteiger partial charge in [-0.25, -0.2) is 0 Å². The molecule has 2 fully saturated rings. The Balaban J connectivity index is 1.87. The molecule has 0 aromatic carbocycles. The summed E-state index contributed by atoms with van der Waals surface area (Å²) in [6, 6.07) is 0. The van der Waals surface area contributed by atoms with Gasteiger partial charge in [0.25, 0.3) is 0 Å². The van der Waals surface area contributed by atoms with E-state index >= 15 is 0 Å². The molecule has 1 atom stereocenters. The Labute approximate surface area is 80.2 Å². The Hall–Kier alpha value is -0.120. The van der Waals surface area contributed by atoms with Crippen molar-refractivity contribution in [3.63, 3.8) is 0 Å². The Morgan fingerprint density at radius 3 is 2.46 bits per heavy atom. The molecule has 1 unspecified atom stereocenters. The first-order chi connectivity index (χ1) is 6.17. The Kier molecular flexibility index (Phi) is 2.58. The smallest absolute Gasteiger partial charge is 0.111 e. The molecular weight excluding hydrogens is 164 g/mol. The van der Waals surface area contributed by atoms with E-state index in [0.29, 0.717) is 12.1 Å². The summed E-state index contributed by atoms with van der Waals surface area (Å²) in [4.78, 5) is 0. The fraction of sp³-hybridized carbons (Fsp3) is 1.00. The number of rotatable bonds is 1. The molecule has 2 saturated heterocycles. The normalized spacial score (nSPS) is 35.1. The predicted octanol–water partition coefficient (Wildman–Crippen LogP) is 0.711. The van der Waals surface area contributed by atoms with Gasteiger partial charge in [-0.15, -0.1) is 0 Å². The van der Waals surface area contributed by atoms with Crippen LogP contribution in [-0.4, -0.2) is 31.5 Å². The highest BCUT2D eigenvalue weighted by Crippen LogP contribution is 2.26. The minimum Gasteiger partial charge on any atom is -0.356 e. The van der Waals surface area contributed by atoms with Crippen LogP contribution in [0, 0.1) is 5.92 Å². The second-order valence-electron chi connectivity index (χ2n) is 4.77. The second-order valence-corrected chi connectivity index (χ2v) is 4.77. The van der Waals surface area contributed by atoms with Gasteiger partial charge in [-0.3, -0.25) is 5.32 Å². The van der Waals surface area contributed by atoms with E-state index in [9.17, 15) is 0 Å². The van der Waals surface area contributed by atoms with Crippen molar-refractivity contribution in [3.05, 3.63) is 0 Å². The van der Waals surface area contributed by atoms with Crippen LogP contribution in [-0.2, 0) is 4.74 Å². The van der Waals surface area contributed by atoms with Crippen molar-refractivity contribution < 1.29 is 4.74 Å². The van der Waals surface area contributed by atoms with Gasteiger partial charge in [0.2, 0.25) is 0 Å². The molecule has 3 nitrogen and oxygen atoms in total. The van der Waals surface area contributed by atoms with Gasteiger partial charge in [0.05, 0.1) is 5.60 Å². The van der Waals surface area contributed by atoms with Crippen LogP contribution in [0.25, 0.3) is 0 Å². The first kappa shape index (κ1) is 9.44. The van der Waals surface area contributed by atoms with E-state index in [1.165, 1.54) is 12.8 Å². The van der Waals surface area contributed by atoms with Crippen molar-refractivity contribution in [3.8, 4) is 0 Å². The highest BCUT2D eigenvalue weighted by Gasteiger charge is 2.36. The summed E-state index contributed by atoms with van der Waals surface area (Å²) in [5, 5.41) is 6.84. The predicted molar refractivity (Wildman–Crippen MR) is 52.5 cm³/mol. The van der Waals surface area contributed by atoms with Crippen molar-refractivity contribution in [2.75, 3.05) is 19.6 Å². The summed E-state index contributed by atoms with van der Waals surface area (Å²) in [6.45, 7) is 7.59.